The molecule has 0 amide bonds. The van der Waals surface area contributed by atoms with E-state index in [2.05, 4.69) is 45.3 Å². The second-order valence-electron chi connectivity index (χ2n) is 6.69. The summed E-state index contributed by atoms with van der Waals surface area (Å²) in [5, 5.41) is 4.73. The van der Waals surface area contributed by atoms with Gasteiger partial charge in [-0.25, -0.2) is 4.39 Å². The monoisotopic (exact) mass is 359 g/mol. The lowest BCUT2D eigenvalue weighted by Gasteiger charge is -2.05. The zero-order valence-corrected chi connectivity index (χ0v) is 15.1. The summed E-state index contributed by atoms with van der Waals surface area (Å²) in [5.74, 6) is -0.196. The minimum Gasteiger partial charge on any atom is -0.385 e. The smallest absolute Gasteiger partial charge is 0.123 e. The number of fused-ring (bicyclic) bond motifs is 1. The number of rotatable bonds is 7. The molecule has 0 fully saturated rings. The van der Waals surface area contributed by atoms with Gasteiger partial charge in [0.1, 0.15) is 5.82 Å². The number of hydrogen-bond acceptors (Lipinski definition) is 2. The highest BCUT2D eigenvalue weighted by Gasteiger charge is 2.08. The van der Waals surface area contributed by atoms with E-state index < -0.39 is 0 Å². The van der Waals surface area contributed by atoms with Gasteiger partial charge >= 0.3 is 0 Å². The first kappa shape index (κ1) is 17.3. The van der Waals surface area contributed by atoms with E-state index in [1.807, 2.05) is 24.3 Å². The molecule has 0 atom stereocenters. The standard InChI is InChI=1S/C23H22FN3/c24-20-9-7-18(8-10-20)16-27-17-19(22-5-1-2-6-23(22)27)4-3-13-26-21-11-14-25-15-12-21/h1-2,5-12,14-15,17H,3-4,13,16H2,(H,25,26). The normalized spacial score (nSPS) is 11.0. The predicted molar refractivity (Wildman–Crippen MR) is 108 cm³/mol. The first-order valence-electron chi connectivity index (χ1n) is 9.25. The van der Waals surface area contributed by atoms with E-state index >= 15 is 0 Å². The molecule has 4 rings (SSSR count). The highest BCUT2D eigenvalue weighted by Crippen LogP contribution is 2.23. The van der Waals surface area contributed by atoms with E-state index in [9.17, 15) is 4.39 Å². The lowest BCUT2D eigenvalue weighted by atomic mass is 10.1. The van der Waals surface area contributed by atoms with Gasteiger partial charge < -0.3 is 9.88 Å². The second kappa shape index (κ2) is 8.04. The Hall–Kier alpha value is -3.14. The fourth-order valence-electron chi connectivity index (χ4n) is 3.42. The highest BCUT2D eigenvalue weighted by molar-refractivity contribution is 5.84. The predicted octanol–water partition coefficient (Wildman–Crippen LogP) is 5.27. The summed E-state index contributed by atoms with van der Waals surface area (Å²) in [7, 11) is 0. The second-order valence-corrected chi connectivity index (χ2v) is 6.69. The molecule has 136 valence electrons. The Morgan fingerprint density at radius 1 is 0.926 bits per heavy atom. The topological polar surface area (TPSA) is 29.9 Å². The van der Waals surface area contributed by atoms with Gasteiger partial charge in [-0.2, -0.15) is 0 Å². The van der Waals surface area contributed by atoms with E-state index in [1.165, 1.54) is 28.6 Å². The van der Waals surface area contributed by atoms with Crippen LogP contribution in [0.25, 0.3) is 10.9 Å². The fourth-order valence-corrected chi connectivity index (χ4v) is 3.42. The van der Waals surface area contributed by atoms with Crippen molar-refractivity contribution in [2.45, 2.75) is 19.4 Å². The summed E-state index contributed by atoms with van der Waals surface area (Å²) in [5.41, 5.74) is 4.77. The highest BCUT2D eigenvalue weighted by atomic mass is 19.1. The summed E-state index contributed by atoms with van der Waals surface area (Å²) in [6.45, 7) is 1.66. The van der Waals surface area contributed by atoms with Crippen molar-refractivity contribution in [3.8, 4) is 0 Å². The Balaban J connectivity index is 1.47. The number of nitrogens with one attached hydrogen (secondary N) is 1. The average Bonchev–Trinajstić information content (AvgIpc) is 3.06. The summed E-state index contributed by atoms with van der Waals surface area (Å²) in [6, 6.07) is 19.2. The van der Waals surface area contributed by atoms with E-state index in [1.54, 1.807) is 12.4 Å². The molecule has 0 aliphatic heterocycles. The van der Waals surface area contributed by atoms with Gasteiger partial charge in [0.15, 0.2) is 0 Å². The molecule has 4 aromatic rings. The van der Waals surface area contributed by atoms with Crippen molar-refractivity contribution in [1.82, 2.24) is 9.55 Å². The van der Waals surface area contributed by atoms with Gasteiger partial charge in [-0.3, -0.25) is 4.98 Å². The molecule has 0 aliphatic rings. The molecule has 0 radical (unpaired) electrons. The summed E-state index contributed by atoms with van der Waals surface area (Å²) >= 11 is 0. The number of halogens is 1. The molecular formula is C23H22FN3. The molecule has 2 heterocycles. The van der Waals surface area contributed by atoms with E-state index in [0.29, 0.717) is 0 Å². The van der Waals surface area contributed by atoms with Crippen LogP contribution in [0.3, 0.4) is 0 Å². The first-order valence-corrected chi connectivity index (χ1v) is 9.25. The molecule has 0 bridgehead atoms. The number of benzene rings is 2. The van der Waals surface area contributed by atoms with Crippen LogP contribution in [0.2, 0.25) is 0 Å². The van der Waals surface area contributed by atoms with Gasteiger partial charge in [0, 0.05) is 48.3 Å². The van der Waals surface area contributed by atoms with Crippen LogP contribution in [0.15, 0.2) is 79.3 Å². The van der Waals surface area contributed by atoms with Gasteiger partial charge in [0.2, 0.25) is 0 Å². The summed E-state index contributed by atoms with van der Waals surface area (Å²) < 4.78 is 15.4. The molecule has 2 aromatic heterocycles. The van der Waals surface area contributed by atoms with Gasteiger partial charge in [-0.15, -0.1) is 0 Å². The number of anilines is 1. The van der Waals surface area contributed by atoms with Crippen molar-refractivity contribution in [2.24, 2.45) is 0 Å². The zero-order valence-electron chi connectivity index (χ0n) is 15.1. The molecule has 0 saturated carbocycles. The minimum atomic E-state index is -0.196. The number of para-hydroxylation sites is 1. The molecule has 0 saturated heterocycles. The zero-order chi connectivity index (χ0) is 18.5. The maximum atomic E-state index is 13.2. The summed E-state index contributed by atoms with van der Waals surface area (Å²) in [6.07, 6.45) is 7.89. The molecule has 3 nitrogen and oxygen atoms in total. The summed E-state index contributed by atoms with van der Waals surface area (Å²) in [4.78, 5) is 4.03. The van der Waals surface area contributed by atoms with Crippen molar-refractivity contribution in [3.05, 3.63) is 96.2 Å². The number of aryl methyl sites for hydroxylation is 1. The Labute approximate surface area is 158 Å². The van der Waals surface area contributed by atoms with E-state index in [0.717, 1.165) is 37.2 Å². The van der Waals surface area contributed by atoms with Crippen molar-refractivity contribution in [1.29, 1.82) is 0 Å². The lowest BCUT2D eigenvalue weighted by Crippen LogP contribution is -2.02. The Bertz CT molecular complexity index is 1010. The Kier molecular flexibility index (Phi) is 5.15. The maximum Gasteiger partial charge on any atom is 0.123 e. The van der Waals surface area contributed by atoms with Crippen LogP contribution in [0.1, 0.15) is 17.5 Å². The number of pyridine rings is 1. The third-order valence-electron chi connectivity index (χ3n) is 4.77. The average molecular weight is 359 g/mol. The van der Waals surface area contributed by atoms with Crippen LogP contribution in [0.5, 0.6) is 0 Å². The molecule has 0 unspecified atom stereocenters. The van der Waals surface area contributed by atoms with Crippen LogP contribution in [-0.4, -0.2) is 16.1 Å². The van der Waals surface area contributed by atoms with Crippen molar-refractivity contribution in [2.75, 3.05) is 11.9 Å². The van der Waals surface area contributed by atoms with E-state index in [-0.39, 0.29) is 5.82 Å². The molecule has 0 aliphatic carbocycles. The largest absolute Gasteiger partial charge is 0.385 e. The number of aromatic nitrogens is 2. The lowest BCUT2D eigenvalue weighted by molar-refractivity contribution is 0.626. The first-order chi connectivity index (χ1) is 13.3. The molecule has 1 N–H and O–H groups in total. The molecule has 27 heavy (non-hydrogen) atoms. The van der Waals surface area contributed by atoms with Gasteiger partial charge in [0.05, 0.1) is 0 Å². The SMILES string of the molecule is Fc1ccc(Cn2cc(CCCNc3ccncc3)c3ccccc32)cc1. The van der Waals surface area contributed by atoms with Crippen molar-refractivity contribution >= 4 is 16.6 Å². The third-order valence-corrected chi connectivity index (χ3v) is 4.77. The Morgan fingerprint density at radius 3 is 2.52 bits per heavy atom. The van der Waals surface area contributed by atoms with Gasteiger partial charge in [-0.05, 0) is 54.3 Å². The maximum absolute atomic E-state index is 13.2. The number of nitrogens with zero attached hydrogens (tertiary/aromatic N) is 2. The van der Waals surface area contributed by atoms with Crippen molar-refractivity contribution in [3.63, 3.8) is 0 Å². The molecule has 0 spiro atoms. The van der Waals surface area contributed by atoms with Crippen LogP contribution < -0.4 is 5.32 Å². The quantitative estimate of drug-likeness (QED) is 0.456. The van der Waals surface area contributed by atoms with Crippen LogP contribution in [-0.2, 0) is 13.0 Å². The Morgan fingerprint density at radius 2 is 1.70 bits per heavy atom. The van der Waals surface area contributed by atoms with Crippen molar-refractivity contribution < 1.29 is 4.39 Å². The van der Waals surface area contributed by atoms with Gasteiger partial charge in [-0.1, -0.05) is 30.3 Å². The van der Waals surface area contributed by atoms with Crippen LogP contribution in [0, 0.1) is 5.82 Å². The fraction of sp³-hybridized carbons (Fsp3) is 0.174. The van der Waals surface area contributed by atoms with Crippen LogP contribution in [0.4, 0.5) is 10.1 Å². The van der Waals surface area contributed by atoms with Gasteiger partial charge in [0.25, 0.3) is 0 Å². The van der Waals surface area contributed by atoms with E-state index in [4.69, 9.17) is 0 Å². The minimum absolute atomic E-state index is 0.196. The molecular weight excluding hydrogens is 337 g/mol. The number of hydrogen-bond donors (Lipinski definition) is 1. The molecule has 4 heteroatoms. The third kappa shape index (κ3) is 4.17. The molecule has 2 aromatic carbocycles. The van der Waals surface area contributed by atoms with Crippen LogP contribution >= 0.6 is 0 Å².